The van der Waals surface area contributed by atoms with Gasteiger partial charge in [-0.15, -0.1) is 24.0 Å². The lowest BCUT2D eigenvalue weighted by Gasteiger charge is -2.16. The van der Waals surface area contributed by atoms with Gasteiger partial charge in [0.25, 0.3) is 0 Å². The van der Waals surface area contributed by atoms with Crippen molar-refractivity contribution in [1.82, 2.24) is 15.6 Å². The predicted molar refractivity (Wildman–Crippen MR) is 119 cm³/mol. The van der Waals surface area contributed by atoms with Crippen LogP contribution in [0.4, 0.5) is 0 Å². The molecule has 5 heteroatoms. The van der Waals surface area contributed by atoms with Crippen molar-refractivity contribution in [3.63, 3.8) is 0 Å². The SMILES string of the molecule is CCNC(=NCC1(c2ccccc2)CC1)NCCc1ccc(C)nc1.I. The largest absolute Gasteiger partial charge is 0.357 e. The van der Waals surface area contributed by atoms with Crippen LogP contribution in [0.25, 0.3) is 0 Å². The monoisotopic (exact) mass is 464 g/mol. The molecule has 26 heavy (non-hydrogen) atoms. The topological polar surface area (TPSA) is 49.3 Å². The van der Waals surface area contributed by atoms with E-state index in [1.807, 2.05) is 13.1 Å². The molecule has 1 aromatic carbocycles. The highest BCUT2D eigenvalue weighted by Gasteiger charge is 2.43. The molecule has 0 spiro atoms. The summed E-state index contributed by atoms with van der Waals surface area (Å²) < 4.78 is 0. The second-order valence-corrected chi connectivity index (χ2v) is 6.83. The van der Waals surface area contributed by atoms with Gasteiger partial charge >= 0.3 is 0 Å². The highest BCUT2D eigenvalue weighted by Crippen LogP contribution is 2.48. The number of nitrogens with one attached hydrogen (secondary N) is 2. The molecular formula is C21H29IN4. The van der Waals surface area contributed by atoms with E-state index in [0.29, 0.717) is 0 Å². The number of hydrogen-bond donors (Lipinski definition) is 2. The van der Waals surface area contributed by atoms with Crippen molar-refractivity contribution in [3.05, 3.63) is 65.5 Å². The van der Waals surface area contributed by atoms with Crippen LogP contribution in [0.3, 0.4) is 0 Å². The van der Waals surface area contributed by atoms with E-state index in [2.05, 4.69) is 65.0 Å². The number of hydrogen-bond acceptors (Lipinski definition) is 2. The first kappa shape index (κ1) is 20.7. The van der Waals surface area contributed by atoms with Gasteiger partial charge < -0.3 is 10.6 Å². The molecule has 0 bridgehead atoms. The quantitative estimate of drug-likeness (QED) is 0.372. The Labute approximate surface area is 173 Å². The fraction of sp³-hybridized carbons (Fsp3) is 0.429. The lowest BCUT2D eigenvalue weighted by Crippen LogP contribution is -2.39. The van der Waals surface area contributed by atoms with Crippen LogP contribution >= 0.6 is 24.0 Å². The summed E-state index contributed by atoms with van der Waals surface area (Å²) in [6.07, 6.45) is 5.36. The van der Waals surface area contributed by atoms with Gasteiger partial charge in [-0.25, -0.2) is 0 Å². The summed E-state index contributed by atoms with van der Waals surface area (Å²) in [5.74, 6) is 0.907. The zero-order chi connectivity index (χ0) is 17.5. The van der Waals surface area contributed by atoms with Crippen molar-refractivity contribution in [2.24, 2.45) is 4.99 Å². The minimum atomic E-state index is 0. The molecule has 1 aliphatic carbocycles. The number of halogens is 1. The first-order chi connectivity index (χ1) is 12.2. The molecule has 2 N–H and O–H groups in total. The van der Waals surface area contributed by atoms with E-state index in [4.69, 9.17) is 4.99 Å². The van der Waals surface area contributed by atoms with Crippen LogP contribution < -0.4 is 10.6 Å². The smallest absolute Gasteiger partial charge is 0.191 e. The van der Waals surface area contributed by atoms with Crippen LogP contribution in [-0.4, -0.2) is 30.6 Å². The lowest BCUT2D eigenvalue weighted by molar-refractivity contribution is 0.692. The van der Waals surface area contributed by atoms with Crippen LogP contribution in [0, 0.1) is 6.92 Å². The molecule has 3 rings (SSSR count). The summed E-state index contributed by atoms with van der Waals surface area (Å²) in [4.78, 5) is 9.20. The van der Waals surface area contributed by atoms with Crippen LogP contribution in [-0.2, 0) is 11.8 Å². The Morgan fingerprint density at radius 3 is 2.50 bits per heavy atom. The molecule has 4 nitrogen and oxygen atoms in total. The summed E-state index contributed by atoms with van der Waals surface area (Å²) in [5.41, 5.74) is 3.98. The van der Waals surface area contributed by atoms with Gasteiger partial charge in [0.1, 0.15) is 0 Å². The number of pyridine rings is 1. The van der Waals surface area contributed by atoms with Gasteiger partial charge in [-0.05, 0) is 50.3 Å². The molecule has 0 atom stereocenters. The van der Waals surface area contributed by atoms with Crippen molar-refractivity contribution in [3.8, 4) is 0 Å². The third-order valence-electron chi connectivity index (χ3n) is 4.80. The highest BCUT2D eigenvalue weighted by atomic mass is 127. The zero-order valence-corrected chi connectivity index (χ0v) is 18.0. The molecule has 1 aromatic heterocycles. The molecular weight excluding hydrogens is 435 g/mol. The number of guanidine groups is 1. The standard InChI is InChI=1S/C21H28N4.HI/c1-3-22-20(23-14-11-18-10-9-17(2)24-15-18)25-16-21(12-13-21)19-7-5-4-6-8-19;/h4-10,15H,3,11-14,16H2,1-2H3,(H2,22,23,25);1H. The van der Waals surface area contributed by atoms with Crippen molar-refractivity contribution < 1.29 is 0 Å². The zero-order valence-electron chi connectivity index (χ0n) is 15.7. The van der Waals surface area contributed by atoms with E-state index in [1.54, 1.807) is 0 Å². The average Bonchev–Trinajstić information content (AvgIpc) is 3.43. The van der Waals surface area contributed by atoms with E-state index in [0.717, 1.165) is 37.7 Å². The molecule has 0 unspecified atom stereocenters. The molecule has 1 aliphatic rings. The maximum atomic E-state index is 4.85. The number of aromatic nitrogens is 1. The Hall–Kier alpha value is -1.63. The molecule has 140 valence electrons. The van der Waals surface area contributed by atoms with Crippen LogP contribution in [0.1, 0.15) is 36.6 Å². The molecule has 0 saturated heterocycles. The molecule has 2 aromatic rings. The van der Waals surface area contributed by atoms with E-state index in [-0.39, 0.29) is 29.4 Å². The van der Waals surface area contributed by atoms with Gasteiger partial charge in [0, 0.05) is 30.4 Å². The van der Waals surface area contributed by atoms with Crippen molar-refractivity contribution in [2.45, 2.75) is 38.5 Å². The Bertz CT molecular complexity index is 694. The number of aryl methyl sites for hydroxylation is 1. The van der Waals surface area contributed by atoms with E-state index in [9.17, 15) is 0 Å². The fourth-order valence-electron chi connectivity index (χ4n) is 3.02. The summed E-state index contributed by atoms with van der Waals surface area (Å²) in [6.45, 7) is 6.69. The van der Waals surface area contributed by atoms with Crippen LogP contribution in [0.5, 0.6) is 0 Å². The summed E-state index contributed by atoms with van der Waals surface area (Å²) in [5, 5.41) is 6.80. The summed E-state index contributed by atoms with van der Waals surface area (Å²) >= 11 is 0. The maximum absolute atomic E-state index is 4.85. The Kier molecular flexibility index (Phi) is 7.87. The van der Waals surface area contributed by atoms with E-state index >= 15 is 0 Å². The second-order valence-electron chi connectivity index (χ2n) is 6.83. The highest BCUT2D eigenvalue weighted by molar-refractivity contribution is 14.0. The van der Waals surface area contributed by atoms with Crippen molar-refractivity contribution in [2.75, 3.05) is 19.6 Å². The summed E-state index contributed by atoms with van der Waals surface area (Å²) in [7, 11) is 0. The van der Waals surface area contributed by atoms with Gasteiger partial charge in [0.15, 0.2) is 5.96 Å². The number of nitrogens with zero attached hydrogens (tertiary/aromatic N) is 2. The Balaban J connectivity index is 0.00000243. The van der Waals surface area contributed by atoms with Crippen LogP contribution in [0.15, 0.2) is 53.7 Å². The molecule has 1 fully saturated rings. The van der Waals surface area contributed by atoms with Gasteiger partial charge in [0.2, 0.25) is 0 Å². The minimum absolute atomic E-state index is 0. The predicted octanol–water partition coefficient (Wildman–Crippen LogP) is 3.84. The third-order valence-corrected chi connectivity index (χ3v) is 4.80. The van der Waals surface area contributed by atoms with Crippen molar-refractivity contribution >= 4 is 29.9 Å². The first-order valence-electron chi connectivity index (χ1n) is 9.21. The molecule has 0 amide bonds. The minimum Gasteiger partial charge on any atom is -0.357 e. The normalized spacial score (nSPS) is 15.1. The maximum Gasteiger partial charge on any atom is 0.191 e. The van der Waals surface area contributed by atoms with Gasteiger partial charge in [-0.3, -0.25) is 9.98 Å². The lowest BCUT2D eigenvalue weighted by atomic mass is 9.96. The third kappa shape index (κ3) is 5.69. The van der Waals surface area contributed by atoms with Gasteiger partial charge in [0.05, 0.1) is 6.54 Å². The fourth-order valence-corrected chi connectivity index (χ4v) is 3.02. The van der Waals surface area contributed by atoms with E-state index in [1.165, 1.54) is 24.0 Å². The van der Waals surface area contributed by atoms with Crippen LogP contribution in [0.2, 0.25) is 0 Å². The first-order valence-corrected chi connectivity index (χ1v) is 9.21. The molecule has 0 radical (unpaired) electrons. The van der Waals surface area contributed by atoms with Crippen molar-refractivity contribution in [1.29, 1.82) is 0 Å². The molecule has 0 aliphatic heterocycles. The van der Waals surface area contributed by atoms with Gasteiger partial charge in [-0.1, -0.05) is 36.4 Å². The number of aliphatic imine (C=N–C) groups is 1. The Morgan fingerprint density at radius 1 is 1.12 bits per heavy atom. The van der Waals surface area contributed by atoms with Gasteiger partial charge in [-0.2, -0.15) is 0 Å². The second kappa shape index (κ2) is 9.90. The summed E-state index contributed by atoms with van der Waals surface area (Å²) in [6, 6.07) is 15.0. The van der Waals surface area contributed by atoms with E-state index < -0.39 is 0 Å². The molecule has 1 heterocycles. The Morgan fingerprint density at radius 2 is 1.88 bits per heavy atom. The number of benzene rings is 1. The average molecular weight is 464 g/mol. The number of rotatable bonds is 7. The molecule has 1 saturated carbocycles.